The molecule has 0 unspecified atom stereocenters. The third-order valence-electron chi connectivity index (χ3n) is 5.25. The molecule has 0 bridgehead atoms. The zero-order valence-electron chi connectivity index (χ0n) is 13.2. The Morgan fingerprint density at radius 3 is 2.65 bits per heavy atom. The summed E-state index contributed by atoms with van der Waals surface area (Å²) in [5, 5.41) is 12.0. The Morgan fingerprint density at radius 1 is 1.13 bits per heavy atom. The summed E-state index contributed by atoms with van der Waals surface area (Å²) in [7, 11) is 1.82. The van der Waals surface area contributed by atoms with Gasteiger partial charge in [0.1, 0.15) is 11.3 Å². The van der Waals surface area contributed by atoms with Gasteiger partial charge in [-0.15, -0.1) is 0 Å². The minimum absolute atomic E-state index is 0.136. The molecule has 0 atom stereocenters. The lowest BCUT2D eigenvalue weighted by Crippen LogP contribution is -2.44. The van der Waals surface area contributed by atoms with Crippen LogP contribution in [0.4, 0.5) is 0 Å². The fourth-order valence-corrected chi connectivity index (χ4v) is 4.04. The number of likely N-dealkylation sites (N-methyl/N-ethyl adjacent to an activating group) is 1. The second-order valence-electron chi connectivity index (χ2n) is 6.76. The summed E-state index contributed by atoms with van der Waals surface area (Å²) < 4.78 is 0. The zero-order chi connectivity index (χ0) is 16.0. The topological polar surface area (TPSA) is 53.4 Å². The zero-order valence-corrected chi connectivity index (χ0v) is 13.2. The maximum Gasteiger partial charge on any atom is 0.259 e. The number of fused-ring (bicyclic) bond motifs is 1. The molecule has 0 radical (unpaired) electrons. The highest BCUT2D eigenvalue weighted by molar-refractivity contribution is 6.20. The quantitative estimate of drug-likeness (QED) is 0.876. The molecule has 1 fully saturated rings. The van der Waals surface area contributed by atoms with Crippen LogP contribution >= 0.6 is 0 Å². The number of carbonyl (C=O) groups is 1. The molecule has 2 aromatic rings. The number of amides is 1. The number of aliphatic hydroxyl groups excluding tert-OH is 1. The van der Waals surface area contributed by atoms with Crippen molar-refractivity contribution in [3.8, 4) is 0 Å². The van der Waals surface area contributed by atoms with Gasteiger partial charge in [0.2, 0.25) is 0 Å². The molecule has 1 aromatic heterocycles. The Hall–Kier alpha value is -2.36. The molecule has 4 heteroatoms. The van der Waals surface area contributed by atoms with E-state index in [9.17, 15) is 9.90 Å². The number of benzene rings is 1. The van der Waals surface area contributed by atoms with Crippen LogP contribution in [0.15, 0.2) is 42.2 Å². The average Bonchev–Trinajstić information content (AvgIpc) is 3.03. The van der Waals surface area contributed by atoms with Gasteiger partial charge < -0.3 is 10.0 Å². The van der Waals surface area contributed by atoms with E-state index >= 15 is 0 Å². The van der Waals surface area contributed by atoms with Gasteiger partial charge in [0.05, 0.1) is 11.2 Å². The predicted molar refractivity (Wildman–Crippen MR) is 89.8 cm³/mol. The number of aromatic nitrogens is 1. The van der Waals surface area contributed by atoms with Crippen molar-refractivity contribution >= 4 is 22.4 Å². The highest BCUT2D eigenvalue weighted by Crippen LogP contribution is 2.48. The fourth-order valence-electron chi connectivity index (χ4n) is 4.04. The van der Waals surface area contributed by atoms with Crippen molar-refractivity contribution in [3.63, 3.8) is 0 Å². The summed E-state index contributed by atoms with van der Waals surface area (Å²) in [6, 6.07) is 11.6. The molecule has 1 spiro atoms. The summed E-state index contributed by atoms with van der Waals surface area (Å²) in [6.07, 6.45) is 4.08. The van der Waals surface area contributed by atoms with Gasteiger partial charge in [-0.2, -0.15) is 0 Å². The maximum atomic E-state index is 12.7. The van der Waals surface area contributed by atoms with Crippen LogP contribution in [0.1, 0.15) is 31.4 Å². The Kier molecular flexibility index (Phi) is 3.15. The summed E-state index contributed by atoms with van der Waals surface area (Å²) in [5.41, 5.74) is 1.52. The van der Waals surface area contributed by atoms with Crippen LogP contribution in [0.2, 0.25) is 0 Å². The predicted octanol–water partition coefficient (Wildman–Crippen LogP) is 3.54. The van der Waals surface area contributed by atoms with Crippen LogP contribution in [0.25, 0.3) is 16.5 Å². The number of hydrogen-bond donors (Lipinski definition) is 1. The normalized spacial score (nSPS) is 20.7. The van der Waals surface area contributed by atoms with Gasteiger partial charge in [-0.3, -0.25) is 4.79 Å². The molecule has 118 valence electrons. The molecule has 1 amide bonds. The van der Waals surface area contributed by atoms with Gasteiger partial charge >= 0.3 is 0 Å². The third-order valence-corrected chi connectivity index (χ3v) is 5.25. The first-order chi connectivity index (χ1) is 11.1. The van der Waals surface area contributed by atoms with Gasteiger partial charge in [-0.05, 0) is 25.0 Å². The first-order valence-corrected chi connectivity index (χ1v) is 8.16. The highest BCUT2D eigenvalue weighted by atomic mass is 16.3. The van der Waals surface area contributed by atoms with Gasteiger partial charge in [0.25, 0.3) is 5.91 Å². The first-order valence-electron chi connectivity index (χ1n) is 8.16. The molecular weight excluding hydrogens is 288 g/mol. The number of aliphatic hydroxyl groups is 1. The van der Waals surface area contributed by atoms with Crippen LogP contribution < -0.4 is 0 Å². The van der Waals surface area contributed by atoms with E-state index in [1.54, 1.807) is 4.90 Å². The van der Waals surface area contributed by atoms with Gasteiger partial charge in [0.15, 0.2) is 0 Å². The van der Waals surface area contributed by atoms with E-state index in [-0.39, 0.29) is 17.1 Å². The number of para-hydroxylation sites is 1. The molecular formula is C19H20N2O2. The first kappa shape index (κ1) is 14.2. The second kappa shape index (κ2) is 5.08. The van der Waals surface area contributed by atoms with E-state index < -0.39 is 0 Å². The molecule has 1 aromatic carbocycles. The largest absolute Gasteiger partial charge is 0.511 e. The Balaban J connectivity index is 1.90. The molecule has 0 saturated heterocycles. The van der Waals surface area contributed by atoms with Crippen molar-refractivity contribution in [2.24, 2.45) is 5.41 Å². The highest BCUT2D eigenvalue weighted by Gasteiger charge is 2.46. The molecule has 23 heavy (non-hydrogen) atoms. The van der Waals surface area contributed by atoms with E-state index in [1.165, 1.54) is 0 Å². The summed E-state index contributed by atoms with van der Waals surface area (Å²) in [5.74, 6) is 0.115. The number of pyridine rings is 1. The fraction of sp³-hybridized carbons (Fsp3) is 0.368. The van der Waals surface area contributed by atoms with Crippen LogP contribution in [0.5, 0.6) is 0 Å². The minimum Gasteiger partial charge on any atom is -0.511 e. The Labute approximate surface area is 135 Å². The number of nitrogens with zero attached hydrogens (tertiary/aromatic N) is 2. The van der Waals surface area contributed by atoms with Crippen LogP contribution in [0, 0.1) is 5.41 Å². The lowest BCUT2D eigenvalue weighted by molar-refractivity contribution is -0.126. The van der Waals surface area contributed by atoms with Crippen molar-refractivity contribution < 1.29 is 9.90 Å². The van der Waals surface area contributed by atoms with E-state index in [0.29, 0.717) is 17.8 Å². The van der Waals surface area contributed by atoms with Crippen molar-refractivity contribution in [2.75, 3.05) is 13.6 Å². The monoisotopic (exact) mass is 308 g/mol. The average molecular weight is 308 g/mol. The molecule has 2 aliphatic rings. The van der Waals surface area contributed by atoms with Gasteiger partial charge in [0, 0.05) is 24.4 Å². The standard InChI is InChI=1S/C19H20N2O2/c1-21-12-19(10-4-5-11-19)17(22)16(18(21)23)15-9-8-13-6-2-3-7-14(13)20-15/h2-3,6-9,22H,4-5,10-12H2,1H3. The van der Waals surface area contributed by atoms with E-state index in [4.69, 9.17) is 0 Å². The molecule has 1 saturated carbocycles. The molecule has 4 rings (SSSR count). The molecule has 1 N–H and O–H groups in total. The van der Waals surface area contributed by atoms with Crippen molar-refractivity contribution in [3.05, 3.63) is 47.9 Å². The minimum atomic E-state index is -0.273. The van der Waals surface area contributed by atoms with Crippen molar-refractivity contribution in [1.29, 1.82) is 0 Å². The van der Waals surface area contributed by atoms with Crippen LogP contribution in [-0.4, -0.2) is 34.5 Å². The smallest absolute Gasteiger partial charge is 0.259 e. The van der Waals surface area contributed by atoms with Gasteiger partial charge in [-0.1, -0.05) is 37.1 Å². The molecule has 2 heterocycles. The number of hydrogen-bond acceptors (Lipinski definition) is 3. The number of rotatable bonds is 1. The molecule has 1 aliphatic carbocycles. The lowest BCUT2D eigenvalue weighted by Gasteiger charge is -2.38. The molecule has 1 aliphatic heterocycles. The van der Waals surface area contributed by atoms with Gasteiger partial charge in [-0.25, -0.2) is 4.98 Å². The lowest BCUT2D eigenvalue weighted by atomic mass is 9.78. The SMILES string of the molecule is CN1CC2(CCCC2)C(O)=C(c2ccc3ccccc3n2)C1=O. The van der Waals surface area contributed by atoms with Crippen molar-refractivity contribution in [1.82, 2.24) is 9.88 Å². The van der Waals surface area contributed by atoms with E-state index in [0.717, 1.165) is 36.6 Å². The summed E-state index contributed by atoms with van der Waals surface area (Å²) in [4.78, 5) is 19.0. The van der Waals surface area contributed by atoms with E-state index in [2.05, 4.69) is 4.98 Å². The van der Waals surface area contributed by atoms with E-state index in [1.807, 2.05) is 43.4 Å². The van der Waals surface area contributed by atoms with Crippen molar-refractivity contribution in [2.45, 2.75) is 25.7 Å². The third kappa shape index (κ3) is 2.12. The summed E-state index contributed by atoms with van der Waals surface area (Å²) >= 11 is 0. The van der Waals surface area contributed by atoms with Crippen LogP contribution in [0.3, 0.4) is 0 Å². The number of carbonyl (C=O) groups excluding carboxylic acids is 1. The Morgan fingerprint density at radius 2 is 1.87 bits per heavy atom. The summed E-state index contributed by atoms with van der Waals surface area (Å²) in [6.45, 7) is 0.606. The second-order valence-corrected chi connectivity index (χ2v) is 6.76. The maximum absolute atomic E-state index is 12.7. The van der Waals surface area contributed by atoms with Crippen LogP contribution in [-0.2, 0) is 4.79 Å². The Bertz CT molecular complexity index is 819. The molecule has 4 nitrogen and oxygen atoms in total.